The summed E-state index contributed by atoms with van der Waals surface area (Å²) in [6.45, 7) is 6.49. The molecule has 2 rings (SSSR count). The summed E-state index contributed by atoms with van der Waals surface area (Å²) < 4.78 is 10.8. The van der Waals surface area contributed by atoms with E-state index in [4.69, 9.17) is 9.47 Å². The first-order valence-electron chi connectivity index (χ1n) is 8.63. The summed E-state index contributed by atoms with van der Waals surface area (Å²) in [6.07, 6.45) is -1.34. The molecular formula is C21H27NO4. The first kappa shape index (κ1) is 19.9. The highest BCUT2D eigenvalue weighted by molar-refractivity contribution is 5.89. The Morgan fingerprint density at radius 1 is 1.12 bits per heavy atom. The van der Waals surface area contributed by atoms with Gasteiger partial charge in [-0.05, 0) is 44.5 Å². The number of hydrogen-bond donors (Lipinski definition) is 2. The van der Waals surface area contributed by atoms with Gasteiger partial charge in [0.1, 0.15) is 11.9 Å². The van der Waals surface area contributed by atoms with Gasteiger partial charge in [-0.2, -0.15) is 0 Å². The fourth-order valence-corrected chi connectivity index (χ4v) is 2.49. The topological polar surface area (TPSA) is 67.8 Å². The van der Waals surface area contributed by atoms with Crippen molar-refractivity contribution in [3.63, 3.8) is 0 Å². The molecule has 2 atom stereocenters. The minimum absolute atomic E-state index is 0.118. The van der Waals surface area contributed by atoms with Crippen LogP contribution in [-0.2, 0) is 4.74 Å². The fourth-order valence-electron chi connectivity index (χ4n) is 2.49. The summed E-state index contributed by atoms with van der Waals surface area (Å²) in [4.78, 5) is 11.7. The Labute approximate surface area is 155 Å². The Bertz CT molecular complexity index is 709. The van der Waals surface area contributed by atoms with E-state index in [0.717, 1.165) is 5.56 Å². The number of esters is 1. The molecule has 0 amide bonds. The summed E-state index contributed by atoms with van der Waals surface area (Å²) in [5.74, 6) is 0.0678. The van der Waals surface area contributed by atoms with Crippen LogP contribution in [0, 0.1) is 0 Å². The van der Waals surface area contributed by atoms with E-state index in [-0.39, 0.29) is 5.54 Å². The molecule has 5 nitrogen and oxygen atoms in total. The van der Waals surface area contributed by atoms with Crippen molar-refractivity contribution < 1.29 is 19.4 Å². The van der Waals surface area contributed by atoms with Crippen LogP contribution in [0.2, 0.25) is 0 Å². The van der Waals surface area contributed by atoms with Crippen LogP contribution in [0.15, 0.2) is 54.6 Å². The first-order valence-corrected chi connectivity index (χ1v) is 8.63. The molecule has 0 aromatic heterocycles. The molecule has 0 saturated heterocycles. The lowest BCUT2D eigenvalue weighted by atomic mass is 10.0. The van der Waals surface area contributed by atoms with Crippen molar-refractivity contribution >= 4 is 5.97 Å². The Hall–Kier alpha value is -2.37. The third-order valence-electron chi connectivity index (χ3n) is 3.84. The lowest BCUT2D eigenvalue weighted by Gasteiger charge is -2.28. The second-order valence-electron chi connectivity index (χ2n) is 7.17. The highest BCUT2D eigenvalue weighted by Gasteiger charge is 2.25. The Morgan fingerprint density at radius 3 is 2.42 bits per heavy atom. The smallest absolute Gasteiger partial charge is 0.337 e. The number of rotatable bonds is 7. The maximum atomic E-state index is 11.7. The van der Waals surface area contributed by atoms with Crippen LogP contribution in [0.4, 0.5) is 0 Å². The van der Waals surface area contributed by atoms with Crippen LogP contribution in [0.25, 0.3) is 0 Å². The van der Waals surface area contributed by atoms with Crippen molar-refractivity contribution in [2.24, 2.45) is 0 Å². The molecule has 2 aromatic carbocycles. The summed E-state index contributed by atoms with van der Waals surface area (Å²) in [6, 6.07) is 16.3. The van der Waals surface area contributed by atoms with Gasteiger partial charge in [-0.1, -0.05) is 36.4 Å². The highest BCUT2D eigenvalue weighted by Crippen LogP contribution is 2.26. The lowest BCUT2D eigenvalue weighted by Crippen LogP contribution is -2.43. The van der Waals surface area contributed by atoms with Crippen molar-refractivity contribution in [1.29, 1.82) is 0 Å². The zero-order valence-electron chi connectivity index (χ0n) is 15.7. The molecule has 2 unspecified atom stereocenters. The number of benzene rings is 2. The predicted octanol–water partition coefficient (Wildman–Crippen LogP) is 3.34. The van der Waals surface area contributed by atoms with E-state index in [1.165, 1.54) is 7.11 Å². The largest absolute Gasteiger partial charge is 0.483 e. The van der Waals surface area contributed by atoms with E-state index in [0.29, 0.717) is 17.9 Å². The summed E-state index contributed by atoms with van der Waals surface area (Å²) in [7, 11) is 1.34. The Morgan fingerprint density at radius 2 is 1.81 bits per heavy atom. The van der Waals surface area contributed by atoms with Gasteiger partial charge < -0.3 is 19.9 Å². The number of aliphatic hydroxyl groups excluding tert-OH is 1. The van der Waals surface area contributed by atoms with Crippen LogP contribution in [0.1, 0.15) is 42.8 Å². The second-order valence-corrected chi connectivity index (χ2v) is 7.17. The number of carbonyl (C=O) groups is 1. The van der Waals surface area contributed by atoms with E-state index in [2.05, 4.69) is 5.32 Å². The molecule has 2 N–H and O–H groups in total. The van der Waals surface area contributed by atoms with Crippen molar-refractivity contribution in [2.75, 3.05) is 13.7 Å². The monoisotopic (exact) mass is 357 g/mol. The molecule has 0 bridgehead atoms. The molecule has 0 aliphatic rings. The summed E-state index contributed by atoms with van der Waals surface area (Å²) in [5, 5.41) is 14.0. The van der Waals surface area contributed by atoms with Gasteiger partial charge in [0.05, 0.1) is 12.7 Å². The minimum Gasteiger partial charge on any atom is -0.483 e. The molecule has 5 heteroatoms. The quantitative estimate of drug-likeness (QED) is 0.744. The highest BCUT2D eigenvalue weighted by atomic mass is 16.5. The average molecular weight is 357 g/mol. The summed E-state index contributed by atoms with van der Waals surface area (Å²) in [5.41, 5.74) is 1.14. The molecular weight excluding hydrogens is 330 g/mol. The molecule has 0 aliphatic heterocycles. The molecule has 2 aromatic rings. The molecule has 0 spiro atoms. The van der Waals surface area contributed by atoms with Crippen LogP contribution in [0.3, 0.4) is 0 Å². The van der Waals surface area contributed by atoms with E-state index >= 15 is 0 Å². The number of aliphatic hydroxyl groups is 1. The number of ether oxygens (including phenoxy) is 2. The molecule has 0 heterocycles. The predicted molar refractivity (Wildman–Crippen MR) is 101 cm³/mol. The van der Waals surface area contributed by atoms with E-state index in [1.54, 1.807) is 24.3 Å². The van der Waals surface area contributed by atoms with Gasteiger partial charge in [0.2, 0.25) is 0 Å². The van der Waals surface area contributed by atoms with Crippen molar-refractivity contribution in [2.45, 2.75) is 38.5 Å². The third kappa shape index (κ3) is 5.86. The van der Waals surface area contributed by atoms with Crippen LogP contribution in [-0.4, -0.2) is 36.4 Å². The van der Waals surface area contributed by atoms with E-state index in [9.17, 15) is 9.90 Å². The molecule has 140 valence electrons. The second kappa shape index (κ2) is 8.83. The zero-order valence-corrected chi connectivity index (χ0v) is 15.7. The van der Waals surface area contributed by atoms with Crippen LogP contribution < -0.4 is 10.1 Å². The fraction of sp³-hybridized carbons (Fsp3) is 0.381. The van der Waals surface area contributed by atoms with E-state index in [1.807, 2.05) is 51.1 Å². The summed E-state index contributed by atoms with van der Waals surface area (Å²) >= 11 is 0. The van der Waals surface area contributed by atoms with Crippen molar-refractivity contribution in [3.8, 4) is 5.75 Å². The van der Waals surface area contributed by atoms with Gasteiger partial charge in [-0.15, -0.1) is 0 Å². The SMILES string of the molecule is COC(=O)c1cccc(OC(c2ccccc2)C(O)CNC(C)(C)C)c1. The van der Waals surface area contributed by atoms with Gasteiger partial charge in [0.25, 0.3) is 0 Å². The molecule has 0 radical (unpaired) electrons. The number of nitrogens with one attached hydrogen (secondary N) is 1. The van der Waals surface area contributed by atoms with Crippen molar-refractivity contribution in [1.82, 2.24) is 5.32 Å². The minimum atomic E-state index is -0.765. The number of methoxy groups -OCH3 is 1. The molecule has 26 heavy (non-hydrogen) atoms. The van der Waals surface area contributed by atoms with Gasteiger partial charge in [-0.3, -0.25) is 0 Å². The molecule has 0 saturated carbocycles. The van der Waals surface area contributed by atoms with Crippen LogP contribution in [0.5, 0.6) is 5.75 Å². The normalized spacial score (nSPS) is 13.7. The van der Waals surface area contributed by atoms with Gasteiger partial charge in [0.15, 0.2) is 6.10 Å². The lowest BCUT2D eigenvalue weighted by molar-refractivity contribution is 0.0318. The zero-order chi connectivity index (χ0) is 19.2. The molecule has 0 aliphatic carbocycles. The van der Waals surface area contributed by atoms with Crippen molar-refractivity contribution in [3.05, 3.63) is 65.7 Å². The maximum Gasteiger partial charge on any atom is 0.337 e. The maximum absolute atomic E-state index is 11.7. The van der Waals surface area contributed by atoms with Gasteiger partial charge in [-0.25, -0.2) is 4.79 Å². The first-order chi connectivity index (χ1) is 12.3. The van der Waals surface area contributed by atoms with Gasteiger partial charge >= 0.3 is 5.97 Å². The third-order valence-corrected chi connectivity index (χ3v) is 3.84. The Balaban J connectivity index is 2.23. The van der Waals surface area contributed by atoms with Crippen LogP contribution >= 0.6 is 0 Å². The van der Waals surface area contributed by atoms with E-state index < -0.39 is 18.2 Å². The standard InChI is InChI=1S/C21H27NO4/c1-21(2,3)22-14-18(23)19(15-9-6-5-7-10-15)26-17-12-8-11-16(13-17)20(24)25-4/h5-13,18-19,22-23H,14H2,1-4H3. The Kier molecular flexibility index (Phi) is 6.77. The number of hydrogen-bond acceptors (Lipinski definition) is 5. The van der Waals surface area contributed by atoms with Gasteiger partial charge in [0, 0.05) is 12.1 Å². The number of carbonyl (C=O) groups excluding carboxylic acids is 1. The molecule has 0 fully saturated rings. The average Bonchev–Trinajstić information content (AvgIpc) is 2.64. The number of β-amino-alcohol motifs (C(OH)–C–C–N with tert-alkyl or cyclic N) is 1.